The Kier molecular flexibility index (Phi) is 3.90. The molecule has 0 radical (unpaired) electrons. The van der Waals surface area contributed by atoms with Crippen LogP contribution in [0, 0.1) is 11.3 Å². The molecule has 2 saturated heterocycles. The molecule has 0 aliphatic carbocycles. The van der Waals surface area contributed by atoms with Crippen LogP contribution in [-0.2, 0) is 18.5 Å². The van der Waals surface area contributed by atoms with Crippen LogP contribution in [-0.4, -0.2) is 44.3 Å². The van der Waals surface area contributed by atoms with Gasteiger partial charge in [-0.25, -0.2) is 0 Å². The van der Waals surface area contributed by atoms with Gasteiger partial charge in [0.05, 0.1) is 38.4 Å². The molecular weight excluding hydrogens is 241 g/mol. The standard InChI is InChI=1S/C11H18NO4P/c1-11-8-13-9(4-7-14-11)10(11)16-17(2)15-6-3-5-12/h9-10H,3-4,6-8H2,1-2H3/i1D. The summed E-state index contributed by atoms with van der Waals surface area (Å²) in [7, 11) is -1.06. The van der Waals surface area contributed by atoms with Gasteiger partial charge in [-0.05, 0) is 13.3 Å². The van der Waals surface area contributed by atoms with Crippen LogP contribution in [0.15, 0.2) is 0 Å². The monoisotopic (exact) mass is 260 g/mol. The van der Waals surface area contributed by atoms with E-state index in [4.69, 9.17) is 25.2 Å². The van der Waals surface area contributed by atoms with Gasteiger partial charge in [0.25, 0.3) is 0 Å². The van der Waals surface area contributed by atoms with E-state index in [-0.39, 0.29) is 19.1 Å². The lowest BCUT2D eigenvalue weighted by molar-refractivity contribution is -0.109. The molecule has 0 N–H and O–H groups in total. The summed E-state index contributed by atoms with van der Waals surface area (Å²) in [6.07, 6.45) is 0.949. The molecule has 0 aromatic heterocycles. The van der Waals surface area contributed by atoms with E-state index in [1.165, 1.54) is 0 Å². The van der Waals surface area contributed by atoms with Crippen molar-refractivity contribution in [2.45, 2.75) is 37.6 Å². The van der Waals surface area contributed by atoms with Gasteiger partial charge in [-0.2, -0.15) is 5.26 Å². The van der Waals surface area contributed by atoms with Crippen LogP contribution in [0.4, 0.5) is 0 Å². The van der Waals surface area contributed by atoms with Gasteiger partial charge < -0.3 is 18.5 Å². The molecule has 0 amide bonds. The lowest BCUT2D eigenvalue weighted by atomic mass is 9.95. The molecule has 4 unspecified atom stereocenters. The van der Waals surface area contributed by atoms with E-state index in [2.05, 4.69) is 0 Å². The predicted molar refractivity (Wildman–Crippen MR) is 62.6 cm³/mol. The molecule has 96 valence electrons. The number of hydrogen-bond acceptors (Lipinski definition) is 5. The summed E-state index contributed by atoms with van der Waals surface area (Å²) in [6, 6.07) is 2.03. The highest BCUT2D eigenvalue weighted by Crippen LogP contribution is 2.45. The van der Waals surface area contributed by atoms with E-state index in [9.17, 15) is 0 Å². The maximum absolute atomic E-state index is 8.45. The van der Waals surface area contributed by atoms with E-state index in [1.54, 1.807) is 0 Å². The Morgan fingerprint density at radius 1 is 1.71 bits per heavy atom. The molecule has 2 fully saturated rings. The van der Waals surface area contributed by atoms with E-state index in [0.717, 1.165) is 6.42 Å². The Morgan fingerprint density at radius 3 is 3.35 bits per heavy atom. The minimum atomic E-state index is -1.06. The van der Waals surface area contributed by atoms with Gasteiger partial charge in [0.15, 0.2) is 8.38 Å². The molecule has 4 atom stereocenters. The maximum atomic E-state index is 8.45. The summed E-state index contributed by atoms with van der Waals surface area (Å²) in [6.45, 7) is 3.42. The Labute approximate surface area is 104 Å². The minimum Gasteiger partial charge on any atom is -0.372 e. The second kappa shape index (κ2) is 5.60. The minimum absolute atomic E-state index is 0.00798. The van der Waals surface area contributed by atoms with Crippen LogP contribution in [0.5, 0.6) is 0 Å². The normalized spacial score (nSPS) is 38.5. The summed E-state index contributed by atoms with van der Waals surface area (Å²) in [5.41, 5.74) is -0.627. The van der Waals surface area contributed by atoms with Crippen molar-refractivity contribution in [2.75, 3.05) is 26.5 Å². The Morgan fingerprint density at radius 2 is 2.59 bits per heavy atom. The highest BCUT2D eigenvalue weighted by Gasteiger charge is 2.52. The molecule has 2 aliphatic rings. The van der Waals surface area contributed by atoms with Gasteiger partial charge in [0.2, 0.25) is 0 Å². The first-order valence-corrected chi connectivity index (χ1v) is 7.29. The molecule has 0 saturated carbocycles. The van der Waals surface area contributed by atoms with Crippen molar-refractivity contribution >= 4 is 8.38 Å². The van der Waals surface area contributed by atoms with Crippen LogP contribution >= 0.6 is 8.38 Å². The van der Waals surface area contributed by atoms with Crippen LogP contribution in [0.2, 0.25) is 0 Å². The van der Waals surface area contributed by atoms with Crippen molar-refractivity contribution in [1.29, 1.82) is 5.26 Å². The molecule has 2 rings (SSSR count). The number of ether oxygens (including phenoxy) is 2. The first kappa shape index (κ1) is 11.8. The fourth-order valence-corrected chi connectivity index (χ4v) is 3.12. The molecule has 0 aromatic rings. The smallest absolute Gasteiger partial charge is 0.167 e. The van der Waals surface area contributed by atoms with Gasteiger partial charge in [-0.15, -0.1) is 0 Å². The maximum Gasteiger partial charge on any atom is 0.167 e. The average Bonchev–Trinajstić information content (AvgIpc) is 2.59. The zero-order chi connectivity index (χ0) is 13.0. The first-order valence-electron chi connectivity index (χ1n) is 6.38. The van der Waals surface area contributed by atoms with Gasteiger partial charge >= 0.3 is 0 Å². The number of fused-ring (bicyclic) bond motifs is 2. The van der Waals surface area contributed by atoms with E-state index >= 15 is 0 Å². The largest absolute Gasteiger partial charge is 0.372 e. The molecule has 0 spiro atoms. The summed E-state index contributed by atoms with van der Waals surface area (Å²) in [5, 5.41) is 8.45. The summed E-state index contributed by atoms with van der Waals surface area (Å²) in [5.74, 6) is 0. The van der Waals surface area contributed by atoms with Crippen molar-refractivity contribution in [2.24, 2.45) is 0 Å². The number of rotatable bonds is 5. The Hall–Kier alpha value is -0.240. The van der Waals surface area contributed by atoms with Crippen LogP contribution in [0.25, 0.3) is 0 Å². The fourth-order valence-electron chi connectivity index (χ4n) is 2.07. The second-order valence-electron chi connectivity index (χ2n) is 4.26. The van der Waals surface area contributed by atoms with Gasteiger partial charge in [-0.3, -0.25) is 0 Å². The summed E-state index contributed by atoms with van der Waals surface area (Å²) in [4.78, 5) is 0. The number of hydrogen-bond donors (Lipinski definition) is 0. The first-order chi connectivity index (χ1) is 8.72. The fraction of sp³-hybridized carbons (Fsp3) is 0.909. The van der Waals surface area contributed by atoms with Crippen LogP contribution in [0.3, 0.4) is 0 Å². The van der Waals surface area contributed by atoms with Gasteiger partial charge in [-0.1, -0.05) is 0 Å². The molecule has 17 heavy (non-hydrogen) atoms. The third-order valence-corrected chi connectivity index (χ3v) is 4.01. The Balaban J connectivity index is 1.89. The molecule has 2 heterocycles. The van der Waals surface area contributed by atoms with Gasteiger partial charge in [0.1, 0.15) is 11.7 Å². The molecule has 6 heteroatoms. The highest BCUT2D eigenvalue weighted by atomic mass is 31.2. The SMILES string of the molecule is [2H]CC12COC(CCO1)C2OP(C)OCCC#N. The molecule has 2 bridgehead atoms. The number of nitrogens with zero attached hydrogens (tertiary/aromatic N) is 1. The van der Waals surface area contributed by atoms with Crippen molar-refractivity contribution in [3.05, 3.63) is 0 Å². The number of nitriles is 1. The quantitative estimate of drug-likeness (QED) is 0.557. The van der Waals surface area contributed by atoms with Crippen molar-refractivity contribution < 1.29 is 19.9 Å². The molecular formula is C11H18NO4P. The predicted octanol–water partition coefficient (Wildman–Crippen LogP) is 1.82. The molecule has 5 nitrogen and oxygen atoms in total. The molecule has 0 aromatic carbocycles. The van der Waals surface area contributed by atoms with Crippen molar-refractivity contribution in [3.8, 4) is 6.07 Å². The molecule has 2 aliphatic heterocycles. The third kappa shape index (κ3) is 2.96. The third-order valence-electron chi connectivity index (χ3n) is 2.94. The van der Waals surface area contributed by atoms with Crippen molar-refractivity contribution in [1.82, 2.24) is 0 Å². The Bertz CT molecular complexity index is 323. The second-order valence-corrected chi connectivity index (χ2v) is 5.61. The topological polar surface area (TPSA) is 60.7 Å². The van der Waals surface area contributed by atoms with E-state index in [1.807, 2.05) is 12.7 Å². The zero-order valence-corrected chi connectivity index (χ0v) is 10.8. The lowest BCUT2D eigenvalue weighted by Gasteiger charge is -2.36. The summed E-state index contributed by atoms with van der Waals surface area (Å²) < 4.78 is 30.3. The zero-order valence-electron chi connectivity index (χ0n) is 10.9. The summed E-state index contributed by atoms with van der Waals surface area (Å²) >= 11 is 0. The van der Waals surface area contributed by atoms with E-state index in [0.29, 0.717) is 26.2 Å². The van der Waals surface area contributed by atoms with Gasteiger partial charge in [0, 0.05) is 8.04 Å². The van der Waals surface area contributed by atoms with Crippen LogP contribution < -0.4 is 0 Å². The lowest BCUT2D eigenvalue weighted by Crippen LogP contribution is -2.48. The van der Waals surface area contributed by atoms with Crippen LogP contribution in [0.1, 0.15) is 21.1 Å². The van der Waals surface area contributed by atoms with E-state index < -0.39 is 14.0 Å². The van der Waals surface area contributed by atoms with Crippen molar-refractivity contribution in [3.63, 3.8) is 0 Å². The average molecular weight is 260 g/mol. The highest BCUT2D eigenvalue weighted by molar-refractivity contribution is 7.46.